The molecule has 9 heteroatoms. The quantitative estimate of drug-likeness (QED) is 0.808. The molecule has 122 valence electrons. The molecule has 1 saturated heterocycles. The topological polar surface area (TPSA) is 44.8 Å². The van der Waals surface area contributed by atoms with Crippen LogP contribution in [0.5, 0.6) is 5.75 Å². The summed E-state index contributed by atoms with van der Waals surface area (Å²) in [7, 11) is 0. The summed E-state index contributed by atoms with van der Waals surface area (Å²) in [6.07, 6.45) is -1.13. The van der Waals surface area contributed by atoms with Crippen LogP contribution in [0.15, 0.2) is 16.6 Å². The van der Waals surface area contributed by atoms with Gasteiger partial charge in [-0.05, 0) is 42.8 Å². The number of ether oxygens (including phenoxy) is 1. The number of anilines is 1. The second-order valence-corrected chi connectivity index (χ2v) is 5.86. The predicted octanol–water partition coefficient (Wildman–Crippen LogP) is 3.69. The molecule has 1 aliphatic heterocycles. The molecule has 1 aliphatic rings. The van der Waals surface area contributed by atoms with Crippen molar-refractivity contribution < 1.29 is 22.7 Å². The van der Waals surface area contributed by atoms with E-state index in [1.807, 2.05) is 0 Å². The van der Waals surface area contributed by atoms with Crippen LogP contribution in [-0.2, 0) is 0 Å². The van der Waals surface area contributed by atoms with Gasteiger partial charge < -0.3 is 4.74 Å². The number of hydrazine groups is 1. The van der Waals surface area contributed by atoms with Crippen molar-refractivity contribution in [2.24, 2.45) is 0 Å². The molecule has 0 aromatic heterocycles. The van der Waals surface area contributed by atoms with E-state index in [4.69, 9.17) is 4.74 Å². The summed E-state index contributed by atoms with van der Waals surface area (Å²) in [5.41, 5.74) is 2.33. The predicted molar refractivity (Wildman–Crippen MR) is 78.2 cm³/mol. The van der Waals surface area contributed by atoms with Crippen molar-refractivity contribution in [1.29, 1.82) is 0 Å². The maximum Gasteiger partial charge on any atom is 0.344 e. The van der Waals surface area contributed by atoms with Crippen LogP contribution in [0, 0.1) is 5.82 Å². The number of hydrogen-bond donors (Lipinski definition) is 1. The number of carbonyl (C=O) groups is 1. The van der Waals surface area contributed by atoms with Gasteiger partial charge in [0.15, 0.2) is 0 Å². The van der Waals surface area contributed by atoms with E-state index in [1.54, 1.807) is 13.8 Å². The minimum absolute atomic E-state index is 0.173. The highest BCUT2D eigenvalue weighted by Crippen LogP contribution is 2.35. The summed E-state index contributed by atoms with van der Waals surface area (Å²) in [5.74, 6) is -0.434. The molecule has 0 saturated carbocycles. The molecule has 0 aliphatic carbocycles. The Kier molecular flexibility index (Phi) is 4.86. The van der Waals surface area contributed by atoms with E-state index < -0.39 is 24.6 Å². The molecule has 1 heterocycles. The van der Waals surface area contributed by atoms with Crippen LogP contribution in [0.3, 0.4) is 0 Å². The Bertz CT molecular complexity index is 586. The zero-order valence-corrected chi connectivity index (χ0v) is 13.7. The molecule has 1 aromatic carbocycles. The van der Waals surface area contributed by atoms with Crippen molar-refractivity contribution >= 4 is 27.6 Å². The molecule has 0 spiro atoms. The van der Waals surface area contributed by atoms with Crippen LogP contribution in [0.1, 0.15) is 20.8 Å². The van der Waals surface area contributed by atoms with Gasteiger partial charge in [-0.1, -0.05) is 0 Å². The van der Waals surface area contributed by atoms with Crippen molar-refractivity contribution in [1.82, 2.24) is 10.3 Å². The number of alkyl halides is 2. The van der Waals surface area contributed by atoms with Gasteiger partial charge in [-0.15, -0.1) is 0 Å². The maximum atomic E-state index is 14.1. The normalized spacial score (nSPS) is 18.8. The van der Waals surface area contributed by atoms with Crippen LogP contribution in [0.2, 0.25) is 0 Å². The van der Waals surface area contributed by atoms with E-state index in [0.29, 0.717) is 15.1 Å². The number of rotatable bonds is 4. The lowest BCUT2D eigenvalue weighted by molar-refractivity contribution is -0.00783. The van der Waals surface area contributed by atoms with Gasteiger partial charge in [0.25, 0.3) is 0 Å². The van der Waals surface area contributed by atoms with Crippen LogP contribution in [0.25, 0.3) is 0 Å². The fraction of sp³-hybridized carbons (Fsp3) is 0.462. The lowest BCUT2D eigenvalue weighted by Gasteiger charge is -2.19. The second kappa shape index (κ2) is 6.33. The van der Waals surface area contributed by atoms with E-state index in [2.05, 4.69) is 21.4 Å². The highest BCUT2D eigenvalue weighted by Gasteiger charge is 2.41. The van der Waals surface area contributed by atoms with Gasteiger partial charge in [-0.3, -0.25) is 0 Å². The number of nitrogens with one attached hydrogen (secondary N) is 1. The third kappa shape index (κ3) is 3.14. The van der Waals surface area contributed by atoms with Gasteiger partial charge in [-0.2, -0.15) is 8.78 Å². The average molecular weight is 382 g/mol. The van der Waals surface area contributed by atoms with Crippen molar-refractivity contribution in [3.8, 4) is 5.75 Å². The maximum absolute atomic E-state index is 14.1. The molecule has 2 amide bonds. The van der Waals surface area contributed by atoms with Crippen molar-refractivity contribution in [3.63, 3.8) is 0 Å². The van der Waals surface area contributed by atoms with E-state index in [1.165, 1.54) is 13.0 Å². The Labute approximate surface area is 134 Å². The van der Waals surface area contributed by atoms with Gasteiger partial charge >= 0.3 is 12.6 Å². The molecule has 1 unspecified atom stereocenters. The first kappa shape index (κ1) is 16.9. The van der Waals surface area contributed by atoms with E-state index in [0.717, 1.165) is 11.1 Å². The Hall–Kier alpha value is -1.48. The lowest BCUT2D eigenvalue weighted by atomic mass is 10.2. The fourth-order valence-corrected chi connectivity index (χ4v) is 2.45. The van der Waals surface area contributed by atoms with Gasteiger partial charge in [0.05, 0.1) is 10.6 Å². The Morgan fingerprint density at radius 2 is 2.00 bits per heavy atom. The highest BCUT2D eigenvalue weighted by atomic mass is 79.9. The zero-order chi connectivity index (χ0) is 16.6. The minimum Gasteiger partial charge on any atom is -0.490 e. The Morgan fingerprint density at radius 1 is 1.36 bits per heavy atom. The number of halogens is 4. The van der Waals surface area contributed by atoms with E-state index in [9.17, 15) is 18.0 Å². The molecule has 1 aromatic rings. The standard InChI is InChI=1S/C13H15BrF3N3O2/c1-6(2)22-11-5-10(9(15)4-8(11)14)20-13(21)19(12(16)17)7(3)18-20/h4-7,12,18H,1-3H3. The summed E-state index contributed by atoms with van der Waals surface area (Å²) in [6.45, 7) is 1.97. The monoisotopic (exact) mass is 381 g/mol. The Morgan fingerprint density at radius 3 is 2.50 bits per heavy atom. The third-order valence-electron chi connectivity index (χ3n) is 2.96. The first-order chi connectivity index (χ1) is 10.2. The van der Waals surface area contributed by atoms with Gasteiger partial charge in [0.2, 0.25) is 0 Å². The highest BCUT2D eigenvalue weighted by molar-refractivity contribution is 9.10. The smallest absolute Gasteiger partial charge is 0.344 e. The second-order valence-electron chi connectivity index (χ2n) is 5.01. The molecule has 22 heavy (non-hydrogen) atoms. The van der Waals surface area contributed by atoms with Crippen LogP contribution < -0.4 is 15.2 Å². The molecule has 1 fully saturated rings. The minimum atomic E-state index is -2.98. The summed E-state index contributed by atoms with van der Waals surface area (Å²) in [4.78, 5) is 12.3. The SMILES string of the molecule is CC(C)Oc1cc(N2NC(C)N(C(F)F)C2=O)c(F)cc1Br. The summed E-state index contributed by atoms with van der Waals surface area (Å²) in [5, 5.41) is 0.756. The first-order valence-corrected chi connectivity index (χ1v) is 7.34. The Balaban J connectivity index is 2.38. The van der Waals surface area contributed by atoms with E-state index >= 15 is 0 Å². The summed E-state index contributed by atoms with van der Waals surface area (Å²) >= 11 is 3.16. The molecule has 1 N–H and O–H groups in total. The first-order valence-electron chi connectivity index (χ1n) is 6.54. The number of urea groups is 1. The molecule has 1 atom stereocenters. The fourth-order valence-electron chi connectivity index (χ4n) is 2.04. The summed E-state index contributed by atoms with van der Waals surface area (Å²) in [6, 6.07) is 1.38. The van der Waals surface area contributed by atoms with Crippen LogP contribution in [0.4, 0.5) is 23.7 Å². The average Bonchev–Trinajstić information content (AvgIpc) is 2.67. The molecule has 2 rings (SSSR count). The molecule has 0 bridgehead atoms. The molecular formula is C13H15BrF3N3O2. The summed E-state index contributed by atoms with van der Waals surface area (Å²) < 4.78 is 45.7. The third-order valence-corrected chi connectivity index (χ3v) is 3.58. The van der Waals surface area contributed by atoms with E-state index in [-0.39, 0.29) is 11.8 Å². The zero-order valence-electron chi connectivity index (χ0n) is 12.1. The molecule has 5 nitrogen and oxygen atoms in total. The number of nitrogens with zero attached hydrogens (tertiary/aromatic N) is 2. The largest absolute Gasteiger partial charge is 0.490 e. The lowest BCUT2D eigenvalue weighted by Crippen LogP contribution is -2.38. The van der Waals surface area contributed by atoms with Crippen molar-refractivity contribution in [3.05, 3.63) is 22.4 Å². The molecular weight excluding hydrogens is 367 g/mol. The van der Waals surface area contributed by atoms with Gasteiger partial charge in [0.1, 0.15) is 23.4 Å². The van der Waals surface area contributed by atoms with Crippen LogP contribution in [-0.4, -0.2) is 29.8 Å². The van der Waals surface area contributed by atoms with Crippen molar-refractivity contribution in [2.45, 2.75) is 39.6 Å². The molecule has 0 radical (unpaired) electrons. The number of carbonyl (C=O) groups excluding carboxylic acids is 1. The number of benzene rings is 1. The van der Waals surface area contributed by atoms with Gasteiger partial charge in [-0.25, -0.2) is 24.5 Å². The van der Waals surface area contributed by atoms with Gasteiger partial charge in [0, 0.05) is 6.07 Å². The number of amides is 2. The van der Waals surface area contributed by atoms with Crippen LogP contribution >= 0.6 is 15.9 Å². The van der Waals surface area contributed by atoms with Crippen molar-refractivity contribution in [2.75, 3.05) is 5.01 Å². The number of hydrogen-bond acceptors (Lipinski definition) is 3.